The van der Waals surface area contributed by atoms with Gasteiger partial charge >= 0.3 is 23.9 Å². The average molecular weight is 786 g/mol. The number of furan rings is 1. The third-order valence-electron chi connectivity index (χ3n) is 8.42. The minimum atomic E-state index is -1.36. The van der Waals surface area contributed by atoms with E-state index in [0.29, 0.717) is 20.7 Å². The van der Waals surface area contributed by atoms with Crippen molar-refractivity contribution in [2.45, 2.75) is 85.7 Å². The van der Waals surface area contributed by atoms with E-state index < -0.39 is 70.4 Å². The molecular formula is C40H37F2N5O10. The molecule has 0 radical (unpaired) electrons. The predicted molar refractivity (Wildman–Crippen MR) is 205 cm³/mol. The maximum absolute atomic E-state index is 16.4. The van der Waals surface area contributed by atoms with Crippen LogP contribution >= 0.6 is 0 Å². The van der Waals surface area contributed by atoms with E-state index in [2.05, 4.69) is 9.97 Å². The number of hydrogen-bond donors (Lipinski definition) is 0. The molecule has 0 unspecified atom stereocenters. The number of carbonyl (C=O) groups excluding carboxylic acids is 3. The first-order valence-electron chi connectivity index (χ1n) is 17.7. The number of carbonyl (C=O) groups is 3. The molecule has 0 fully saturated rings. The number of amides is 2. The second-order valence-corrected chi connectivity index (χ2v) is 16.3. The van der Waals surface area contributed by atoms with E-state index >= 15 is 8.78 Å². The third kappa shape index (κ3) is 7.04. The fraction of sp³-hybridized carbons (Fsp3) is 0.325. The summed E-state index contributed by atoms with van der Waals surface area (Å²) in [4.78, 5) is 78.0. The van der Waals surface area contributed by atoms with Gasteiger partial charge in [0.2, 0.25) is 11.7 Å². The fourth-order valence-electron chi connectivity index (χ4n) is 6.35. The van der Waals surface area contributed by atoms with E-state index in [4.69, 9.17) is 23.0 Å². The molecule has 15 nitrogen and oxygen atoms in total. The molecule has 0 spiro atoms. The van der Waals surface area contributed by atoms with Crippen LogP contribution in [0.4, 0.5) is 29.1 Å². The molecule has 2 aromatic carbocycles. The third-order valence-corrected chi connectivity index (χ3v) is 8.42. The maximum Gasteiger partial charge on any atom is 0.427 e. The van der Waals surface area contributed by atoms with E-state index in [1.54, 1.807) is 12.1 Å². The van der Waals surface area contributed by atoms with Gasteiger partial charge in [-0.2, -0.15) is 4.57 Å². The van der Waals surface area contributed by atoms with Crippen molar-refractivity contribution in [3.8, 4) is 0 Å². The molecule has 0 aliphatic heterocycles. The van der Waals surface area contributed by atoms with Crippen LogP contribution in [-0.2, 0) is 20.8 Å². The van der Waals surface area contributed by atoms with Gasteiger partial charge in [-0.1, -0.05) is 0 Å². The Morgan fingerprint density at radius 1 is 0.807 bits per heavy atom. The summed E-state index contributed by atoms with van der Waals surface area (Å²) in [5.74, 6) is -2.54. The lowest BCUT2D eigenvalue weighted by Gasteiger charge is -2.29. The highest BCUT2D eigenvalue weighted by Crippen LogP contribution is 2.39. The Balaban J connectivity index is 1.49. The van der Waals surface area contributed by atoms with Crippen LogP contribution < -0.4 is 16.1 Å². The smallest absolute Gasteiger partial charge is 0.427 e. The van der Waals surface area contributed by atoms with Crippen molar-refractivity contribution in [1.29, 1.82) is 0 Å². The predicted octanol–water partition coefficient (Wildman–Crippen LogP) is 8.54. The second-order valence-electron chi connectivity index (χ2n) is 16.3. The molecule has 0 N–H and O–H groups in total. The number of nitrogens with zero attached hydrogens (tertiary/aromatic N) is 5. The number of pyridine rings is 1. The van der Waals surface area contributed by atoms with E-state index in [9.17, 15) is 24.0 Å². The Labute approximate surface area is 321 Å². The van der Waals surface area contributed by atoms with Crippen LogP contribution in [0.3, 0.4) is 0 Å². The number of aromatic nitrogens is 4. The number of anilines is 1. The summed E-state index contributed by atoms with van der Waals surface area (Å²) in [5.41, 5.74) is -5.95. The molecule has 7 aromatic rings. The number of benzene rings is 2. The van der Waals surface area contributed by atoms with Gasteiger partial charge in [0.25, 0.3) is 5.56 Å². The first kappa shape index (κ1) is 38.6. The Morgan fingerprint density at radius 2 is 1.46 bits per heavy atom. The summed E-state index contributed by atoms with van der Waals surface area (Å²) in [6.45, 7) is 13.2. The summed E-state index contributed by atoms with van der Waals surface area (Å²) in [6.07, 6.45) is -1.31. The summed E-state index contributed by atoms with van der Waals surface area (Å²) < 4.78 is 61.3. The van der Waals surface area contributed by atoms with Crippen LogP contribution in [0.5, 0.6) is 0 Å². The van der Waals surface area contributed by atoms with E-state index in [1.165, 1.54) is 91.5 Å². The number of fused-ring (bicyclic) bond motifs is 8. The summed E-state index contributed by atoms with van der Waals surface area (Å²) in [7, 11) is 0. The van der Waals surface area contributed by atoms with Crippen molar-refractivity contribution in [2.24, 2.45) is 0 Å². The minimum absolute atomic E-state index is 0.00588. The average Bonchev–Trinajstić information content (AvgIpc) is 3.67. The summed E-state index contributed by atoms with van der Waals surface area (Å²) in [6, 6.07) is 7.86. The molecule has 17 heteroatoms. The van der Waals surface area contributed by atoms with Gasteiger partial charge in [-0.15, -0.1) is 4.90 Å². The van der Waals surface area contributed by atoms with Crippen molar-refractivity contribution in [1.82, 2.24) is 19.1 Å². The molecule has 2 amide bonds. The molecule has 0 saturated heterocycles. The Hall–Kier alpha value is -6.65. The lowest BCUT2D eigenvalue weighted by atomic mass is 10.1. The summed E-state index contributed by atoms with van der Waals surface area (Å²) in [5, 5.41) is 0.835. The molecule has 0 bridgehead atoms. The molecular weight excluding hydrogens is 748 g/mol. The SMILES string of the molecule is CC(C)(C)OC(=O)N(C(=O)OC(C)(C)C)c1nc2cc(F)c(Cn3c4cc(F)c5ccoc5c4c4c5cccnc5oc(=O)c43)cc2c(=O)n1C(=O)OC(C)(C)C. The second kappa shape index (κ2) is 13.2. The van der Waals surface area contributed by atoms with Crippen LogP contribution in [0.15, 0.2) is 67.3 Å². The van der Waals surface area contributed by atoms with E-state index in [0.717, 1.165) is 12.1 Å². The molecule has 5 heterocycles. The first-order valence-corrected chi connectivity index (χ1v) is 17.7. The van der Waals surface area contributed by atoms with Gasteiger partial charge in [0.1, 0.15) is 39.5 Å². The van der Waals surface area contributed by atoms with Crippen LogP contribution in [-0.4, -0.2) is 54.2 Å². The molecule has 0 atom stereocenters. The number of hydrogen-bond acceptors (Lipinski definition) is 12. The Bertz CT molecular complexity index is 2930. The van der Waals surface area contributed by atoms with Crippen LogP contribution in [0.2, 0.25) is 0 Å². The molecule has 296 valence electrons. The van der Waals surface area contributed by atoms with Crippen molar-refractivity contribution in [3.05, 3.63) is 86.8 Å². The highest BCUT2D eigenvalue weighted by atomic mass is 19.1. The first-order chi connectivity index (χ1) is 26.5. The highest BCUT2D eigenvalue weighted by molar-refractivity contribution is 6.25. The van der Waals surface area contributed by atoms with Crippen LogP contribution in [0.25, 0.3) is 54.8 Å². The monoisotopic (exact) mass is 785 g/mol. The molecule has 7 rings (SSSR count). The van der Waals surface area contributed by atoms with Crippen LogP contribution in [0.1, 0.15) is 67.9 Å². The molecule has 57 heavy (non-hydrogen) atoms. The zero-order valence-corrected chi connectivity index (χ0v) is 32.4. The standard InChI is InChI=1S/C40H37F2N5O10/c1-38(2,3)55-35(50)46-32(48)22-15-19(23(41)16-25(22)44-34(46)47(36(51)56-39(4,5)6)37(52)57-40(7,8)9)18-45-26-17-24(42)20-12-14-53-30(20)28(26)27-21-11-10-13-43-31(21)54-33(49)29(27)45/h10-17H,18H2,1-9H3. The van der Waals surface area contributed by atoms with Gasteiger partial charge in [0.05, 0.1) is 40.0 Å². The Kier molecular flexibility index (Phi) is 8.97. The van der Waals surface area contributed by atoms with Gasteiger partial charge < -0.3 is 27.6 Å². The largest absolute Gasteiger partial charge is 0.463 e. The number of rotatable bonds is 3. The fourth-order valence-corrected chi connectivity index (χ4v) is 6.35. The topological polar surface area (TPSA) is 178 Å². The van der Waals surface area contributed by atoms with E-state index in [1.807, 2.05) is 0 Å². The quantitative estimate of drug-likeness (QED) is 0.156. The molecule has 5 aromatic heterocycles. The van der Waals surface area contributed by atoms with Crippen molar-refractivity contribution in [2.75, 3.05) is 4.90 Å². The molecule has 0 saturated carbocycles. The van der Waals surface area contributed by atoms with Gasteiger partial charge in [0.15, 0.2) is 0 Å². The van der Waals surface area contributed by atoms with Crippen LogP contribution in [0, 0.1) is 11.6 Å². The lowest BCUT2D eigenvalue weighted by Crippen LogP contribution is -2.48. The molecule has 0 aliphatic carbocycles. The molecule has 0 aliphatic rings. The van der Waals surface area contributed by atoms with Crippen molar-refractivity contribution < 1.29 is 46.2 Å². The Morgan fingerprint density at radius 3 is 2.09 bits per heavy atom. The zero-order valence-electron chi connectivity index (χ0n) is 32.4. The zero-order chi connectivity index (χ0) is 41.5. The normalized spacial score (nSPS) is 12.5. The van der Waals surface area contributed by atoms with Gasteiger partial charge in [0, 0.05) is 28.6 Å². The maximum atomic E-state index is 16.4. The minimum Gasteiger partial charge on any atom is -0.463 e. The summed E-state index contributed by atoms with van der Waals surface area (Å²) >= 11 is 0. The highest BCUT2D eigenvalue weighted by Gasteiger charge is 2.38. The van der Waals surface area contributed by atoms with E-state index in [-0.39, 0.29) is 49.1 Å². The van der Waals surface area contributed by atoms with Crippen molar-refractivity contribution >= 4 is 79.0 Å². The number of ether oxygens (including phenoxy) is 3. The van der Waals surface area contributed by atoms with Crippen molar-refractivity contribution in [3.63, 3.8) is 0 Å². The lowest BCUT2D eigenvalue weighted by molar-refractivity contribution is 0.0422. The number of halogens is 2. The number of imide groups is 1. The van der Waals surface area contributed by atoms with Gasteiger partial charge in [-0.25, -0.2) is 37.9 Å². The van der Waals surface area contributed by atoms with Gasteiger partial charge in [-0.3, -0.25) is 4.79 Å². The van der Waals surface area contributed by atoms with Gasteiger partial charge in [-0.05, 0) is 92.6 Å².